The molecule has 0 atom stereocenters. The monoisotopic (exact) mass is 227 g/mol. The van der Waals surface area contributed by atoms with Gasteiger partial charge in [-0.1, -0.05) is 23.2 Å². The molecule has 0 radical (unpaired) electrons. The molecule has 64 valence electrons. The Labute approximate surface area is 107 Å². The van der Waals surface area contributed by atoms with Crippen LogP contribution in [-0.4, -0.2) is 5.97 Å². The number of carbonyl (C=O) groups excluding carboxylic acids is 1. The topological polar surface area (TPSA) is 66.2 Å². The molecule has 0 aromatic heterocycles. The average Bonchev–Trinajstić information content (AvgIpc) is 1.82. The molecule has 6 heteroatoms. The average molecular weight is 228 g/mol. The Hall–Kier alpha value is 0.0700. The third-order valence-corrected chi connectivity index (χ3v) is 1.81. The Morgan fingerprint density at radius 1 is 1.38 bits per heavy atom. The number of nitrogens with two attached hydrogens (primary N) is 1. The van der Waals surface area contributed by atoms with Crippen LogP contribution in [0.3, 0.4) is 0 Å². The van der Waals surface area contributed by atoms with Gasteiger partial charge in [-0.25, -0.2) is 0 Å². The van der Waals surface area contributed by atoms with E-state index >= 15 is 0 Å². The van der Waals surface area contributed by atoms with Crippen LogP contribution in [0.15, 0.2) is 12.1 Å². The maximum absolute atomic E-state index is 10.4. The largest absolute Gasteiger partial charge is 1.00 e. The zero-order chi connectivity index (χ0) is 9.30. The Balaban J connectivity index is 0.00000144. The van der Waals surface area contributed by atoms with E-state index in [1.165, 1.54) is 12.1 Å². The van der Waals surface area contributed by atoms with Gasteiger partial charge in [-0.2, -0.15) is 0 Å². The van der Waals surface area contributed by atoms with Gasteiger partial charge in [0.05, 0.1) is 11.0 Å². The molecule has 0 heterocycles. The number of aromatic carboxylic acids is 1. The van der Waals surface area contributed by atoms with Crippen LogP contribution in [-0.2, 0) is 0 Å². The Bertz CT molecular complexity index is 320. The van der Waals surface area contributed by atoms with Gasteiger partial charge in [0.1, 0.15) is 0 Å². The third kappa shape index (κ3) is 3.04. The maximum atomic E-state index is 10.4. The first-order valence-corrected chi connectivity index (χ1v) is 3.74. The number of hydrogen-bond donors (Lipinski definition) is 1. The molecule has 0 fully saturated rings. The first kappa shape index (κ1) is 13.1. The minimum atomic E-state index is -1.41. The number of carboxylic acid groups (broad SMARTS) is 1. The molecular formula is C7H4Cl2NNaO2. The fourth-order valence-corrected chi connectivity index (χ4v) is 1.40. The smallest absolute Gasteiger partial charge is 0.545 e. The number of benzene rings is 1. The zero-order valence-electron chi connectivity index (χ0n) is 6.80. The molecule has 1 aromatic carbocycles. The van der Waals surface area contributed by atoms with Gasteiger partial charge < -0.3 is 15.6 Å². The molecule has 0 unspecified atom stereocenters. The summed E-state index contributed by atoms with van der Waals surface area (Å²) in [7, 11) is 0. The van der Waals surface area contributed by atoms with Crippen molar-refractivity contribution in [2.75, 3.05) is 5.73 Å². The maximum Gasteiger partial charge on any atom is 1.00 e. The van der Waals surface area contributed by atoms with Crippen LogP contribution in [0.5, 0.6) is 0 Å². The molecule has 0 saturated heterocycles. The van der Waals surface area contributed by atoms with Gasteiger partial charge in [0.25, 0.3) is 0 Å². The summed E-state index contributed by atoms with van der Waals surface area (Å²) in [6, 6.07) is 2.60. The number of carboxylic acids is 1. The summed E-state index contributed by atoms with van der Waals surface area (Å²) < 4.78 is 0. The van der Waals surface area contributed by atoms with Crippen LogP contribution in [0.25, 0.3) is 0 Å². The van der Waals surface area contributed by atoms with E-state index in [2.05, 4.69) is 0 Å². The summed E-state index contributed by atoms with van der Waals surface area (Å²) in [6.45, 7) is 0. The molecular weight excluding hydrogens is 224 g/mol. The van der Waals surface area contributed by atoms with Crippen LogP contribution < -0.4 is 40.4 Å². The molecule has 2 N–H and O–H groups in total. The van der Waals surface area contributed by atoms with Gasteiger partial charge >= 0.3 is 29.6 Å². The van der Waals surface area contributed by atoms with Gasteiger partial charge in [-0.3, -0.25) is 0 Å². The second-order valence-corrected chi connectivity index (χ2v) is 2.98. The van der Waals surface area contributed by atoms with Gasteiger partial charge in [-0.05, 0) is 12.1 Å². The van der Waals surface area contributed by atoms with Gasteiger partial charge in [0, 0.05) is 16.3 Å². The van der Waals surface area contributed by atoms with Crippen molar-refractivity contribution in [3.8, 4) is 0 Å². The molecule has 0 aliphatic rings. The molecule has 1 rings (SSSR count). The number of halogens is 2. The zero-order valence-corrected chi connectivity index (χ0v) is 10.3. The number of hydrogen-bond acceptors (Lipinski definition) is 3. The summed E-state index contributed by atoms with van der Waals surface area (Å²) in [5.41, 5.74) is 5.12. The van der Waals surface area contributed by atoms with Gasteiger partial charge in [-0.15, -0.1) is 0 Å². The van der Waals surface area contributed by atoms with Crippen molar-refractivity contribution in [2.45, 2.75) is 0 Å². The summed E-state index contributed by atoms with van der Waals surface area (Å²) in [5, 5.41) is 10.7. The SMILES string of the molecule is Nc1cc(Cl)cc(Cl)c1C(=O)[O-].[Na+]. The molecule has 0 bridgehead atoms. The Morgan fingerprint density at radius 3 is 2.31 bits per heavy atom. The quantitative estimate of drug-likeness (QED) is 0.444. The van der Waals surface area contributed by atoms with E-state index < -0.39 is 5.97 Å². The first-order chi connectivity index (χ1) is 5.52. The van der Waals surface area contributed by atoms with Crippen LogP contribution >= 0.6 is 23.2 Å². The van der Waals surface area contributed by atoms with Crippen molar-refractivity contribution in [2.24, 2.45) is 0 Å². The van der Waals surface area contributed by atoms with E-state index in [1.54, 1.807) is 0 Å². The van der Waals surface area contributed by atoms with E-state index in [0.29, 0.717) is 5.02 Å². The molecule has 3 nitrogen and oxygen atoms in total. The van der Waals surface area contributed by atoms with Crippen molar-refractivity contribution < 1.29 is 39.5 Å². The minimum Gasteiger partial charge on any atom is -0.545 e. The number of nitrogen functional groups attached to an aromatic ring is 1. The van der Waals surface area contributed by atoms with Crippen molar-refractivity contribution >= 4 is 34.9 Å². The first-order valence-electron chi connectivity index (χ1n) is 2.98. The molecule has 13 heavy (non-hydrogen) atoms. The number of carbonyl (C=O) groups is 1. The third-order valence-electron chi connectivity index (χ3n) is 1.29. The molecule has 0 aliphatic heterocycles. The Morgan fingerprint density at radius 2 is 1.92 bits per heavy atom. The number of anilines is 1. The molecule has 0 amide bonds. The van der Waals surface area contributed by atoms with Crippen LogP contribution in [0.2, 0.25) is 10.0 Å². The predicted octanol–water partition coefficient (Wildman–Crippen LogP) is -2.06. The van der Waals surface area contributed by atoms with Gasteiger partial charge in [0.2, 0.25) is 0 Å². The van der Waals surface area contributed by atoms with E-state index in [1.807, 2.05) is 0 Å². The molecule has 0 saturated carbocycles. The number of rotatable bonds is 1. The van der Waals surface area contributed by atoms with Crippen LogP contribution in [0, 0.1) is 0 Å². The predicted molar refractivity (Wildman–Crippen MR) is 45.2 cm³/mol. The van der Waals surface area contributed by atoms with E-state index in [0.717, 1.165) is 0 Å². The van der Waals surface area contributed by atoms with E-state index in [4.69, 9.17) is 28.9 Å². The molecule has 0 spiro atoms. The van der Waals surface area contributed by atoms with Crippen LogP contribution in [0.4, 0.5) is 5.69 Å². The van der Waals surface area contributed by atoms with Crippen molar-refractivity contribution in [3.63, 3.8) is 0 Å². The normalized spacial score (nSPS) is 9.08. The van der Waals surface area contributed by atoms with Crippen molar-refractivity contribution in [1.82, 2.24) is 0 Å². The van der Waals surface area contributed by atoms with Crippen molar-refractivity contribution in [1.29, 1.82) is 0 Å². The molecule has 1 aromatic rings. The van der Waals surface area contributed by atoms with Gasteiger partial charge in [0.15, 0.2) is 0 Å². The molecule has 0 aliphatic carbocycles. The second kappa shape index (κ2) is 5.08. The Kier molecular flexibility index (Phi) is 5.10. The minimum absolute atomic E-state index is 0. The van der Waals surface area contributed by atoms with E-state index in [-0.39, 0.29) is 45.8 Å². The summed E-state index contributed by atoms with van der Waals surface area (Å²) in [6.07, 6.45) is 0. The summed E-state index contributed by atoms with van der Waals surface area (Å²) in [5.74, 6) is -1.41. The summed E-state index contributed by atoms with van der Waals surface area (Å²) in [4.78, 5) is 10.4. The van der Waals surface area contributed by atoms with Crippen molar-refractivity contribution in [3.05, 3.63) is 27.7 Å². The van der Waals surface area contributed by atoms with E-state index in [9.17, 15) is 9.90 Å². The van der Waals surface area contributed by atoms with Crippen LogP contribution in [0.1, 0.15) is 10.4 Å². The standard InChI is InChI=1S/C7H5Cl2NO2.Na/c8-3-1-4(9)6(7(11)12)5(10)2-3;/h1-2H,10H2,(H,11,12);/q;+1/p-1. The second-order valence-electron chi connectivity index (χ2n) is 2.14. The fraction of sp³-hybridized carbons (Fsp3) is 0. The summed E-state index contributed by atoms with van der Waals surface area (Å²) >= 11 is 11.1. The fourth-order valence-electron chi connectivity index (χ4n) is 0.809.